The fraction of sp³-hybridized carbons (Fsp3) is 0.154. The second-order valence-corrected chi connectivity index (χ2v) is 6.72. The van der Waals surface area contributed by atoms with E-state index in [1.165, 1.54) is 24.3 Å². The highest BCUT2D eigenvalue weighted by molar-refractivity contribution is 7.90. The smallest absolute Gasteiger partial charge is 0.417 e. The van der Waals surface area contributed by atoms with Crippen LogP contribution in [0.4, 0.5) is 13.2 Å². The van der Waals surface area contributed by atoms with Gasteiger partial charge in [-0.15, -0.1) is 0 Å². The number of aromatic nitrogens is 1. The Bertz CT molecular complexity index is 806. The first-order valence-electron chi connectivity index (χ1n) is 5.79. The Hall–Kier alpha value is -1.80. The topological polar surface area (TPSA) is 56.3 Å². The molecule has 9 heteroatoms. The SMILES string of the molecule is CS(=O)(=O)c1ccccc1Oc1ncc(C(F)(F)F)cc1Cl. The second-order valence-electron chi connectivity index (χ2n) is 4.33. The maximum atomic E-state index is 12.5. The number of ether oxygens (including phenoxy) is 1. The van der Waals surface area contributed by atoms with Crippen molar-refractivity contribution >= 4 is 21.4 Å². The Kier molecular flexibility index (Phi) is 4.35. The standard InChI is InChI=1S/C13H9ClF3NO3S/c1-22(19,20)11-5-3-2-4-10(11)21-12-9(14)6-8(7-18-12)13(15,16)17/h2-7H,1H3. The van der Waals surface area contributed by atoms with Gasteiger partial charge in [-0.25, -0.2) is 13.4 Å². The summed E-state index contributed by atoms with van der Waals surface area (Å²) in [6.07, 6.45) is -3.04. The van der Waals surface area contributed by atoms with Crippen LogP contribution in [0, 0.1) is 0 Å². The van der Waals surface area contributed by atoms with E-state index in [-0.39, 0.29) is 21.5 Å². The third kappa shape index (κ3) is 3.69. The normalized spacial score (nSPS) is 12.2. The maximum Gasteiger partial charge on any atom is 0.417 e. The van der Waals surface area contributed by atoms with Gasteiger partial charge in [-0.3, -0.25) is 0 Å². The molecule has 0 N–H and O–H groups in total. The third-order valence-corrected chi connectivity index (χ3v) is 4.00. The van der Waals surface area contributed by atoms with E-state index in [1.54, 1.807) is 0 Å². The molecule has 2 aromatic rings. The van der Waals surface area contributed by atoms with Crippen molar-refractivity contribution in [1.29, 1.82) is 0 Å². The molecule has 0 bridgehead atoms. The average molecular weight is 352 g/mol. The fourth-order valence-corrected chi connectivity index (χ4v) is 2.61. The summed E-state index contributed by atoms with van der Waals surface area (Å²) >= 11 is 5.72. The zero-order chi connectivity index (χ0) is 16.5. The predicted molar refractivity (Wildman–Crippen MR) is 73.9 cm³/mol. The van der Waals surface area contributed by atoms with Gasteiger partial charge in [0.15, 0.2) is 9.84 Å². The molecule has 0 atom stereocenters. The molecule has 0 aliphatic carbocycles. The van der Waals surface area contributed by atoms with Gasteiger partial charge in [0.25, 0.3) is 0 Å². The molecule has 0 aliphatic rings. The lowest BCUT2D eigenvalue weighted by molar-refractivity contribution is -0.137. The number of rotatable bonds is 3. The van der Waals surface area contributed by atoms with Crippen LogP contribution in [0.1, 0.15) is 5.56 Å². The van der Waals surface area contributed by atoms with Gasteiger partial charge in [-0.1, -0.05) is 23.7 Å². The lowest BCUT2D eigenvalue weighted by Gasteiger charge is -2.12. The molecule has 1 heterocycles. The maximum absolute atomic E-state index is 12.5. The molecule has 2 rings (SSSR count). The van der Waals surface area contributed by atoms with Gasteiger partial charge in [-0.2, -0.15) is 13.2 Å². The van der Waals surface area contributed by atoms with Crippen molar-refractivity contribution in [2.75, 3.05) is 6.26 Å². The van der Waals surface area contributed by atoms with Crippen LogP contribution >= 0.6 is 11.6 Å². The van der Waals surface area contributed by atoms with Gasteiger partial charge in [0.05, 0.1) is 5.56 Å². The van der Waals surface area contributed by atoms with Crippen molar-refractivity contribution in [3.63, 3.8) is 0 Å². The van der Waals surface area contributed by atoms with Crippen molar-refractivity contribution < 1.29 is 26.3 Å². The van der Waals surface area contributed by atoms with Gasteiger partial charge in [-0.05, 0) is 18.2 Å². The number of para-hydroxylation sites is 1. The molecule has 0 aliphatic heterocycles. The van der Waals surface area contributed by atoms with E-state index in [0.29, 0.717) is 12.3 Å². The zero-order valence-corrected chi connectivity index (χ0v) is 12.6. The third-order valence-electron chi connectivity index (χ3n) is 2.59. The summed E-state index contributed by atoms with van der Waals surface area (Å²) in [5, 5.41) is -0.377. The van der Waals surface area contributed by atoms with Crippen molar-refractivity contribution in [2.45, 2.75) is 11.1 Å². The van der Waals surface area contributed by atoms with Crippen LogP contribution in [0.2, 0.25) is 5.02 Å². The quantitative estimate of drug-likeness (QED) is 0.840. The van der Waals surface area contributed by atoms with Crippen LogP contribution < -0.4 is 4.74 Å². The molecule has 1 aromatic carbocycles. The van der Waals surface area contributed by atoms with Crippen molar-refractivity contribution in [1.82, 2.24) is 4.98 Å². The Morgan fingerprint density at radius 3 is 2.41 bits per heavy atom. The number of sulfone groups is 1. The van der Waals surface area contributed by atoms with E-state index in [0.717, 1.165) is 6.26 Å². The van der Waals surface area contributed by atoms with E-state index < -0.39 is 21.6 Å². The van der Waals surface area contributed by atoms with E-state index in [2.05, 4.69) is 4.98 Å². The first kappa shape index (κ1) is 16.6. The van der Waals surface area contributed by atoms with Crippen LogP contribution in [0.5, 0.6) is 11.6 Å². The summed E-state index contributed by atoms with van der Waals surface area (Å²) < 4.78 is 66.1. The number of hydrogen-bond acceptors (Lipinski definition) is 4. The molecule has 0 amide bonds. The van der Waals surface area contributed by atoms with Crippen molar-refractivity contribution in [3.8, 4) is 11.6 Å². The van der Waals surface area contributed by atoms with Gasteiger partial charge < -0.3 is 4.74 Å². The molecule has 22 heavy (non-hydrogen) atoms. The molecule has 0 unspecified atom stereocenters. The number of nitrogens with zero attached hydrogens (tertiary/aromatic N) is 1. The summed E-state index contributed by atoms with van der Waals surface area (Å²) in [6, 6.07) is 6.33. The lowest BCUT2D eigenvalue weighted by Crippen LogP contribution is -2.06. The highest BCUT2D eigenvalue weighted by atomic mass is 35.5. The van der Waals surface area contributed by atoms with E-state index in [9.17, 15) is 21.6 Å². The fourth-order valence-electron chi connectivity index (χ4n) is 1.60. The van der Waals surface area contributed by atoms with Crippen LogP contribution in [-0.2, 0) is 16.0 Å². The summed E-state index contributed by atoms with van der Waals surface area (Å²) in [7, 11) is -3.57. The van der Waals surface area contributed by atoms with Crippen LogP contribution in [0.25, 0.3) is 0 Å². The first-order chi connectivity index (χ1) is 10.1. The summed E-state index contributed by atoms with van der Waals surface area (Å²) in [5.74, 6) is -0.384. The summed E-state index contributed by atoms with van der Waals surface area (Å²) in [5.41, 5.74) is -1.03. The zero-order valence-electron chi connectivity index (χ0n) is 11.1. The highest BCUT2D eigenvalue weighted by Gasteiger charge is 2.32. The Morgan fingerprint density at radius 1 is 1.23 bits per heavy atom. The van der Waals surface area contributed by atoms with Gasteiger partial charge >= 0.3 is 6.18 Å². The summed E-state index contributed by atoms with van der Waals surface area (Å²) in [4.78, 5) is 3.38. The van der Waals surface area contributed by atoms with Crippen LogP contribution in [0.3, 0.4) is 0 Å². The Balaban J connectivity index is 2.41. The monoisotopic (exact) mass is 351 g/mol. The molecular weight excluding hydrogens is 343 g/mol. The largest absolute Gasteiger partial charge is 0.436 e. The molecular formula is C13H9ClF3NO3S. The lowest BCUT2D eigenvalue weighted by atomic mass is 10.3. The van der Waals surface area contributed by atoms with Crippen LogP contribution in [-0.4, -0.2) is 19.7 Å². The van der Waals surface area contributed by atoms with Crippen molar-refractivity contribution in [3.05, 3.63) is 47.1 Å². The molecule has 0 spiro atoms. The van der Waals surface area contributed by atoms with Gasteiger partial charge in [0, 0.05) is 12.5 Å². The van der Waals surface area contributed by atoms with E-state index in [1.807, 2.05) is 0 Å². The predicted octanol–water partition coefficient (Wildman–Crippen LogP) is 3.95. The molecule has 0 fully saturated rings. The highest BCUT2D eigenvalue weighted by Crippen LogP contribution is 2.35. The van der Waals surface area contributed by atoms with E-state index >= 15 is 0 Å². The minimum absolute atomic E-state index is 0.0702. The number of hydrogen-bond donors (Lipinski definition) is 0. The molecule has 4 nitrogen and oxygen atoms in total. The van der Waals surface area contributed by atoms with Gasteiger partial charge in [0.2, 0.25) is 5.88 Å². The Morgan fingerprint density at radius 2 is 1.86 bits per heavy atom. The number of alkyl halides is 3. The van der Waals surface area contributed by atoms with E-state index in [4.69, 9.17) is 16.3 Å². The number of benzene rings is 1. The molecule has 0 radical (unpaired) electrons. The summed E-state index contributed by atoms with van der Waals surface area (Å²) in [6.45, 7) is 0. The van der Waals surface area contributed by atoms with Crippen molar-refractivity contribution in [2.24, 2.45) is 0 Å². The minimum Gasteiger partial charge on any atom is -0.436 e. The van der Waals surface area contributed by atoms with Gasteiger partial charge in [0.1, 0.15) is 15.7 Å². The number of pyridine rings is 1. The Labute approximate surface area is 129 Å². The molecule has 0 saturated heterocycles. The van der Waals surface area contributed by atoms with Crippen LogP contribution in [0.15, 0.2) is 41.4 Å². The minimum atomic E-state index is -4.58. The molecule has 1 aromatic heterocycles. The average Bonchev–Trinajstić information content (AvgIpc) is 2.39. The first-order valence-corrected chi connectivity index (χ1v) is 8.05. The molecule has 0 saturated carbocycles. The second kappa shape index (κ2) is 5.77. The number of halogens is 4. The molecule has 118 valence electrons.